The molecular formula is C21H16ClN3O2S. The summed E-state index contributed by atoms with van der Waals surface area (Å²) in [5, 5.41) is 23.5. The lowest BCUT2D eigenvalue weighted by molar-refractivity contribution is 0.219. The Morgan fingerprint density at radius 1 is 0.893 bits per heavy atom. The number of benzene rings is 3. The van der Waals surface area contributed by atoms with Crippen molar-refractivity contribution < 1.29 is 9.84 Å². The van der Waals surface area contributed by atoms with Gasteiger partial charge < -0.3 is 15.2 Å². The van der Waals surface area contributed by atoms with Gasteiger partial charge in [0, 0.05) is 16.8 Å². The van der Waals surface area contributed by atoms with Gasteiger partial charge in [-0.05, 0) is 42.0 Å². The Kier molecular flexibility index (Phi) is 5.53. The number of ether oxygens (including phenoxy) is 1. The zero-order chi connectivity index (χ0) is 19.3. The van der Waals surface area contributed by atoms with Gasteiger partial charge in [-0.15, -0.1) is 10.2 Å². The summed E-state index contributed by atoms with van der Waals surface area (Å²) in [5.74, 6) is 1.47. The minimum absolute atomic E-state index is 0.487. The highest BCUT2D eigenvalue weighted by Crippen LogP contribution is 2.31. The van der Waals surface area contributed by atoms with Crippen molar-refractivity contribution >= 4 is 33.8 Å². The molecule has 0 aliphatic rings. The number of para-hydroxylation sites is 1. The maximum Gasteiger partial charge on any atom is 0.210 e. The van der Waals surface area contributed by atoms with Crippen LogP contribution in [0.4, 0.5) is 10.8 Å². The largest absolute Gasteiger partial charge is 0.457 e. The Labute approximate surface area is 171 Å². The van der Waals surface area contributed by atoms with Crippen molar-refractivity contribution in [2.75, 3.05) is 5.32 Å². The number of aliphatic hydroxyl groups excluding tert-OH is 1. The number of anilines is 2. The van der Waals surface area contributed by atoms with Crippen LogP contribution in [0.2, 0.25) is 5.02 Å². The van der Waals surface area contributed by atoms with E-state index in [-0.39, 0.29) is 0 Å². The number of aliphatic hydroxyl groups is 1. The summed E-state index contributed by atoms with van der Waals surface area (Å²) < 4.78 is 5.84. The van der Waals surface area contributed by atoms with E-state index in [0.717, 1.165) is 11.4 Å². The van der Waals surface area contributed by atoms with E-state index in [4.69, 9.17) is 16.3 Å². The van der Waals surface area contributed by atoms with Crippen molar-refractivity contribution in [2.24, 2.45) is 0 Å². The minimum atomic E-state index is -0.875. The third-order valence-corrected chi connectivity index (χ3v) is 5.03. The van der Waals surface area contributed by atoms with Crippen molar-refractivity contribution in [3.63, 3.8) is 0 Å². The molecule has 0 bridgehead atoms. The molecule has 0 saturated heterocycles. The molecule has 0 saturated carbocycles. The van der Waals surface area contributed by atoms with E-state index in [1.54, 1.807) is 24.3 Å². The highest BCUT2D eigenvalue weighted by molar-refractivity contribution is 7.15. The molecule has 0 amide bonds. The Morgan fingerprint density at radius 3 is 2.50 bits per heavy atom. The first-order chi connectivity index (χ1) is 13.7. The van der Waals surface area contributed by atoms with E-state index in [2.05, 4.69) is 15.5 Å². The molecule has 0 radical (unpaired) electrons. The minimum Gasteiger partial charge on any atom is -0.457 e. The van der Waals surface area contributed by atoms with Gasteiger partial charge >= 0.3 is 0 Å². The molecular weight excluding hydrogens is 394 g/mol. The van der Waals surface area contributed by atoms with Gasteiger partial charge in [0.25, 0.3) is 0 Å². The summed E-state index contributed by atoms with van der Waals surface area (Å²) >= 11 is 7.27. The van der Waals surface area contributed by atoms with Gasteiger partial charge in [-0.3, -0.25) is 0 Å². The van der Waals surface area contributed by atoms with Crippen molar-refractivity contribution in [1.29, 1.82) is 0 Å². The third-order valence-electron chi connectivity index (χ3n) is 3.90. The lowest BCUT2D eigenvalue weighted by Gasteiger charge is -2.08. The first-order valence-corrected chi connectivity index (χ1v) is 9.74. The van der Waals surface area contributed by atoms with E-state index in [0.29, 0.717) is 26.5 Å². The molecule has 0 aliphatic heterocycles. The van der Waals surface area contributed by atoms with Crippen LogP contribution in [-0.2, 0) is 0 Å². The van der Waals surface area contributed by atoms with Crippen LogP contribution in [0.1, 0.15) is 16.7 Å². The average Bonchev–Trinajstić information content (AvgIpc) is 3.17. The van der Waals surface area contributed by atoms with E-state index >= 15 is 0 Å². The molecule has 3 aromatic carbocycles. The fourth-order valence-electron chi connectivity index (χ4n) is 2.60. The molecule has 2 N–H and O–H groups in total. The van der Waals surface area contributed by atoms with Crippen LogP contribution in [-0.4, -0.2) is 15.3 Å². The SMILES string of the molecule is OC(c1cccc(Cl)c1)c1nnc(Nc2cccc(Oc3ccccc3)c2)s1. The van der Waals surface area contributed by atoms with E-state index < -0.39 is 6.10 Å². The fourth-order valence-corrected chi connectivity index (χ4v) is 3.58. The number of halogens is 1. The number of aromatic nitrogens is 2. The third kappa shape index (κ3) is 4.48. The molecule has 1 heterocycles. The summed E-state index contributed by atoms with van der Waals surface area (Å²) in [5.41, 5.74) is 1.49. The van der Waals surface area contributed by atoms with Crippen LogP contribution in [0.25, 0.3) is 0 Å². The highest BCUT2D eigenvalue weighted by atomic mass is 35.5. The molecule has 1 aromatic heterocycles. The molecule has 0 spiro atoms. The van der Waals surface area contributed by atoms with Gasteiger partial charge in [-0.2, -0.15) is 0 Å². The van der Waals surface area contributed by atoms with Gasteiger partial charge in [0.1, 0.15) is 17.6 Å². The number of rotatable bonds is 6. The second-order valence-electron chi connectivity index (χ2n) is 5.97. The number of nitrogens with zero attached hydrogens (tertiary/aromatic N) is 2. The summed E-state index contributed by atoms with van der Waals surface area (Å²) in [7, 11) is 0. The Bertz CT molecular complexity index is 1070. The van der Waals surface area contributed by atoms with Crippen LogP contribution in [0.15, 0.2) is 78.9 Å². The molecule has 0 aliphatic carbocycles. The predicted molar refractivity (Wildman–Crippen MR) is 112 cm³/mol. The first-order valence-electron chi connectivity index (χ1n) is 8.54. The number of hydrogen-bond donors (Lipinski definition) is 2. The molecule has 0 fully saturated rings. The van der Waals surface area contributed by atoms with Crippen LogP contribution in [0, 0.1) is 0 Å². The standard InChI is InChI=1S/C21H16ClN3O2S/c22-15-7-4-6-14(12-15)19(26)20-24-25-21(28-20)23-16-8-5-11-18(13-16)27-17-9-2-1-3-10-17/h1-13,19,26H,(H,23,25). The van der Waals surface area contributed by atoms with Gasteiger partial charge in [0.05, 0.1) is 0 Å². The first kappa shape index (κ1) is 18.4. The van der Waals surface area contributed by atoms with Gasteiger partial charge in [-0.1, -0.05) is 59.3 Å². The Hall–Kier alpha value is -2.93. The summed E-state index contributed by atoms with van der Waals surface area (Å²) in [6.45, 7) is 0. The van der Waals surface area contributed by atoms with Crippen LogP contribution in [0.5, 0.6) is 11.5 Å². The van der Waals surface area contributed by atoms with Crippen molar-refractivity contribution in [2.45, 2.75) is 6.10 Å². The van der Waals surface area contributed by atoms with Crippen molar-refractivity contribution in [3.8, 4) is 11.5 Å². The summed E-state index contributed by atoms with van der Waals surface area (Å²) in [4.78, 5) is 0. The molecule has 140 valence electrons. The van der Waals surface area contributed by atoms with Crippen LogP contribution < -0.4 is 10.1 Å². The monoisotopic (exact) mass is 409 g/mol. The van der Waals surface area contributed by atoms with Gasteiger partial charge in [0.15, 0.2) is 5.01 Å². The topological polar surface area (TPSA) is 67.3 Å². The quantitative estimate of drug-likeness (QED) is 0.420. The van der Waals surface area contributed by atoms with E-state index in [9.17, 15) is 5.11 Å². The molecule has 4 aromatic rings. The van der Waals surface area contributed by atoms with Crippen molar-refractivity contribution in [1.82, 2.24) is 10.2 Å². The molecule has 5 nitrogen and oxygen atoms in total. The molecule has 7 heteroatoms. The Morgan fingerprint density at radius 2 is 1.68 bits per heavy atom. The number of hydrogen-bond acceptors (Lipinski definition) is 6. The Balaban J connectivity index is 1.47. The maximum atomic E-state index is 10.5. The van der Waals surface area contributed by atoms with Crippen LogP contribution >= 0.6 is 22.9 Å². The molecule has 1 atom stereocenters. The average molecular weight is 410 g/mol. The van der Waals surface area contributed by atoms with E-state index in [1.165, 1.54) is 11.3 Å². The van der Waals surface area contributed by atoms with Crippen LogP contribution in [0.3, 0.4) is 0 Å². The molecule has 28 heavy (non-hydrogen) atoms. The number of nitrogens with one attached hydrogen (secondary N) is 1. The lowest BCUT2D eigenvalue weighted by Crippen LogP contribution is -1.98. The maximum absolute atomic E-state index is 10.5. The predicted octanol–water partition coefficient (Wildman–Crippen LogP) is 5.81. The zero-order valence-corrected chi connectivity index (χ0v) is 16.2. The highest BCUT2D eigenvalue weighted by Gasteiger charge is 2.16. The molecule has 1 unspecified atom stereocenters. The second-order valence-corrected chi connectivity index (χ2v) is 7.42. The fraction of sp³-hybridized carbons (Fsp3) is 0.0476. The zero-order valence-electron chi connectivity index (χ0n) is 14.6. The van der Waals surface area contributed by atoms with Gasteiger partial charge in [-0.25, -0.2) is 0 Å². The van der Waals surface area contributed by atoms with E-state index in [1.807, 2.05) is 54.6 Å². The lowest BCUT2D eigenvalue weighted by atomic mass is 10.1. The van der Waals surface area contributed by atoms with Crippen molar-refractivity contribution in [3.05, 3.63) is 94.5 Å². The smallest absolute Gasteiger partial charge is 0.210 e. The normalized spacial score (nSPS) is 11.8. The second kappa shape index (κ2) is 8.39. The van der Waals surface area contributed by atoms with Gasteiger partial charge in [0.2, 0.25) is 5.13 Å². The summed E-state index contributed by atoms with van der Waals surface area (Å²) in [6, 6.07) is 24.2. The molecule has 4 rings (SSSR count). The summed E-state index contributed by atoms with van der Waals surface area (Å²) in [6.07, 6.45) is -0.875.